The number of esters is 1. The van der Waals surface area contributed by atoms with Crippen LogP contribution in [0.1, 0.15) is 18.1 Å². The van der Waals surface area contributed by atoms with Crippen molar-refractivity contribution in [2.45, 2.75) is 25.9 Å². The van der Waals surface area contributed by atoms with E-state index in [1.807, 2.05) is 12.1 Å². The Balaban J connectivity index is 1.96. The third kappa shape index (κ3) is 3.61. The standard InChI is InChI=1S/C16H22N2O3/c1-11(16(20)21-3)10-18(2)15(19)14-8-12-6-4-5-7-13(12)9-17-14/h4-7,11,14,17H,8-10H2,1-3H3/t11?,14-/m1/s1. The summed E-state index contributed by atoms with van der Waals surface area (Å²) in [4.78, 5) is 25.5. The zero-order chi connectivity index (χ0) is 15.4. The van der Waals surface area contributed by atoms with Crippen molar-refractivity contribution in [2.75, 3.05) is 20.7 Å². The Morgan fingerprint density at radius 2 is 2.05 bits per heavy atom. The van der Waals surface area contributed by atoms with Crippen LogP contribution in [0, 0.1) is 5.92 Å². The molecular weight excluding hydrogens is 268 g/mol. The molecule has 0 saturated heterocycles. The van der Waals surface area contributed by atoms with Crippen molar-refractivity contribution in [3.05, 3.63) is 35.4 Å². The number of carbonyl (C=O) groups excluding carboxylic acids is 2. The van der Waals surface area contributed by atoms with Gasteiger partial charge in [0.15, 0.2) is 0 Å². The van der Waals surface area contributed by atoms with Gasteiger partial charge in [0.1, 0.15) is 0 Å². The summed E-state index contributed by atoms with van der Waals surface area (Å²) in [5.74, 6) is -0.600. The fourth-order valence-electron chi connectivity index (χ4n) is 2.67. The quantitative estimate of drug-likeness (QED) is 0.840. The van der Waals surface area contributed by atoms with Gasteiger partial charge in [-0.15, -0.1) is 0 Å². The van der Waals surface area contributed by atoms with E-state index in [1.165, 1.54) is 18.2 Å². The summed E-state index contributed by atoms with van der Waals surface area (Å²) in [5.41, 5.74) is 2.45. The molecular formula is C16H22N2O3. The Hall–Kier alpha value is -1.88. The van der Waals surface area contributed by atoms with Gasteiger partial charge in [-0.1, -0.05) is 31.2 Å². The number of methoxy groups -OCH3 is 1. The van der Waals surface area contributed by atoms with E-state index >= 15 is 0 Å². The first-order valence-electron chi connectivity index (χ1n) is 7.16. The maximum absolute atomic E-state index is 12.5. The molecule has 1 amide bonds. The largest absolute Gasteiger partial charge is 0.469 e. The lowest BCUT2D eigenvalue weighted by molar-refractivity contribution is -0.146. The minimum absolute atomic E-state index is 0.0141. The molecule has 0 aromatic heterocycles. The molecule has 21 heavy (non-hydrogen) atoms. The summed E-state index contributed by atoms with van der Waals surface area (Å²) in [6.07, 6.45) is 0.686. The van der Waals surface area contributed by atoms with Crippen LogP contribution in [-0.2, 0) is 27.3 Å². The monoisotopic (exact) mass is 290 g/mol. The average molecular weight is 290 g/mol. The second-order valence-corrected chi connectivity index (χ2v) is 5.55. The molecule has 0 radical (unpaired) electrons. The van der Waals surface area contributed by atoms with Crippen LogP contribution in [0.5, 0.6) is 0 Å². The molecule has 0 fully saturated rings. The Morgan fingerprint density at radius 1 is 1.38 bits per heavy atom. The number of ether oxygens (including phenoxy) is 1. The number of benzene rings is 1. The number of nitrogens with zero attached hydrogens (tertiary/aromatic N) is 1. The van der Waals surface area contributed by atoms with Crippen LogP contribution < -0.4 is 5.32 Å². The summed E-state index contributed by atoms with van der Waals surface area (Å²) in [6.45, 7) is 2.83. The van der Waals surface area contributed by atoms with E-state index in [0.717, 1.165) is 0 Å². The van der Waals surface area contributed by atoms with Crippen LogP contribution in [0.4, 0.5) is 0 Å². The fraction of sp³-hybridized carbons (Fsp3) is 0.500. The van der Waals surface area contributed by atoms with Crippen LogP contribution >= 0.6 is 0 Å². The number of nitrogens with one attached hydrogen (secondary N) is 1. The molecule has 0 spiro atoms. The number of rotatable bonds is 4. The zero-order valence-electron chi connectivity index (χ0n) is 12.8. The highest BCUT2D eigenvalue weighted by Gasteiger charge is 2.28. The van der Waals surface area contributed by atoms with Crippen LogP contribution in [0.15, 0.2) is 24.3 Å². The Bertz CT molecular complexity index is 530. The number of likely N-dealkylation sites (N-methyl/N-ethyl adjacent to an activating group) is 1. The van der Waals surface area contributed by atoms with Crippen LogP contribution in [0.3, 0.4) is 0 Å². The van der Waals surface area contributed by atoms with Gasteiger partial charge < -0.3 is 15.0 Å². The van der Waals surface area contributed by atoms with Gasteiger partial charge in [-0.05, 0) is 17.5 Å². The van der Waals surface area contributed by atoms with Crippen molar-refractivity contribution in [1.29, 1.82) is 0 Å². The first kappa shape index (κ1) is 15.5. The highest BCUT2D eigenvalue weighted by Crippen LogP contribution is 2.17. The molecule has 1 N–H and O–H groups in total. The second-order valence-electron chi connectivity index (χ2n) is 5.55. The van der Waals surface area contributed by atoms with Gasteiger partial charge in [-0.25, -0.2) is 0 Å². The molecule has 1 unspecified atom stereocenters. The first-order valence-corrected chi connectivity index (χ1v) is 7.16. The fourth-order valence-corrected chi connectivity index (χ4v) is 2.67. The van der Waals surface area contributed by atoms with Crippen molar-refractivity contribution in [1.82, 2.24) is 10.2 Å². The molecule has 5 heteroatoms. The highest BCUT2D eigenvalue weighted by molar-refractivity contribution is 5.83. The minimum Gasteiger partial charge on any atom is -0.469 e. The Kier molecular flexibility index (Phi) is 4.96. The molecule has 2 atom stereocenters. The number of hydrogen-bond acceptors (Lipinski definition) is 4. The third-order valence-corrected chi connectivity index (χ3v) is 3.91. The number of fused-ring (bicyclic) bond motifs is 1. The summed E-state index contributed by atoms with van der Waals surface area (Å²) in [6, 6.07) is 7.91. The normalized spacial score (nSPS) is 18.5. The summed E-state index contributed by atoms with van der Waals surface area (Å²) in [7, 11) is 3.09. The molecule has 1 aromatic rings. The van der Waals surface area contributed by atoms with Gasteiger partial charge in [-0.2, -0.15) is 0 Å². The van der Waals surface area contributed by atoms with Gasteiger partial charge in [0.05, 0.1) is 19.1 Å². The number of amides is 1. The van der Waals surface area contributed by atoms with E-state index in [1.54, 1.807) is 18.9 Å². The topological polar surface area (TPSA) is 58.6 Å². The lowest BCUT2D eigenvalue weighted by Gasteiger charge is -2.29. The van der Waals surface area contributed by atoms with E-state index in [2.05, 4.69) is 17.4 Å². The minimum atomic E-state index is -0.320. The number of carbonyl (C=O) groups is 2. The van der Waals surface area contributed by atoms with Crippen molar-refractivity contribution >= 4 is 11.9 Å². The Morgan fingerprint density at radius 3 is 2.71 bits per heavy atom. The van der Waals surface area contributed by atoms with Gasteiger partial charge in [0.2, 0.25) is 5.91 Å². The summed E-state index contributed by atoms with van der Waals surface area (Å²) >= 11 is 0. The van der Waals surface area contributed by atoms with Gasteiger partial charge in [0, 0.05) is 20.1 Å². The zero-order valence-corrected chi connectivity index (χ0v) is 12.8. The third-order valence-electron chi connectivity index (χ3n) is 3.91. The van der Waals surface area contributed by atoms with Gasteiger partial charge in [-0.3, -0.25) is 9.59 Å². The highest BCUT2D eigenvalue weighted by atomic mass is 16.5. The summed E-state index contributed by atoms with van der Waals surface area (Å²) in [5, 5.41) is 3.27. The van der Waals surface area contributed by atoms with Crippen molar-refractivity contribution in [3.8, 4) is 0 Å². The van der Waals surface area contributed by atoms with Crippen LogP contribution in [0.25, 0.3) is 0 Å². The summed E-state index contributed by atoms with van der Waals surface area (Å²) < 4.78 is 4.69. The lowest BCUT2D eigenvalue weighted by atomic mass is 9.95. The smallest absolute Gasteiger partial charge is 0.310 e. The molecule has 1 heterocycles. The maximum Gasteiger partial charge on any atom is 0.310 e. The van der Waals surface area contributed by atoms with Gasteiger partial charge >= 0.3 is 5.97 Å². The molecule has 0 bridgehead atoms. The molecule has 1 aliphatic heterocycles. The SMILES string of the molecule is COC(=O)C(C)CN(C)C(=O)[C@H]1Cc2ccccc2CN1. The van der Waals surface area contributed by atoms with Crippen LogP contribution in [-0.4, -0.2) is 43.5 Å². The van der Waals surface area contributed by atoms with E-state index in [-0.39, 0.29) is 23.8 Å². The number of hydrogen-bond donors (Lipinski definition) is 1. The van der Waals surface area contributed by atoms with Gasteiger partial charge in [0.25, 0.3) is 0 Å². The lowest BCUT2D eigenvalue weighted by Crippen LogP contribution is -2.49. The van der Waals surface area contributed by atoms with E-state index in [4.69, 9.17) is 4.74 Å². The van der Waals surface area contributed by atoms with Crippen LogP contribution in [0.2, 0.25) is 0 Å². The molecule has 0 saturated carbocycles. The Labute approximate surface area is 125 Å². The van der Waals surface area contributed by atoms with Crippen molar-refractivity contribution in [2.24, 2.45) is 5.92 Å². The first-order chi connectivity index (χ1) is 10.0. The molecule has 0 aliphatic carbocycles. The van der Waals surface area contributed by atoms with E-state index in [9.17, 15) is 9.59 Å². The van der Waals surface area contributed by atoms with E-state index in [0.29, 0.717) is 19.5 Å². The molecule has 2 rings (SSSR count). The predicted molar refractivity (Wildman–Crippen MR) is 79.6 cm³/mol. The maximum atomic E-state index is 12.5. The second kappa shape index (κ2) is 6.72. The predicted octanol–water partition coefficient (Wildman–Crippen LogP) is 0.968. The molecule has 1 aromatic carbocycles. The van der Waals surface area contributed by atoms with Crippen molar-refractivity contribution in [3.63, 3.8) is 0 Å². The average Bonchev–Trinajstić information content (AvgIpc) is 2.52. The van der Waals surface area contributed by atoms with Crippen molar-refractivity contribution < 1.29 is 14.3 Å². The molecule has 1 aliphatic rings. The molecule has 5 nitrogen and oxygen atoms in total. The van der Waals surface area contributed by atoms with E-state index < -0.39 is 0 Å². The molecule has 114 valence electrons.